The zero-order chi connectivity index (χ0) is 17.5. The minimum absolute atomic E-state index is 0.0242. The SMILES string of the molecule is O=C(OCCCCOc1c(Cl)cc(O)cc1Cl)c1ccccc1Cl. The number of halogens is 3. The molecule has 7 heteroatoms. The number of ether oxygens (including phenoxy) is 2. The first-order valence-electron chi connectivity index (χ1n) is 7.21. The third-order valence-corrected chi connectivity index (χ3v) is 3.99. The maximum Gasteiger partial charge on any atom is 0.339 e. The fourth-order valence-corrected chi connectivity index (χ4v) is 2.73. The Labute approximate surface area is 154 Å². The molecular weight excluding hydrogens is 375 g/mol. The van der Waals surface area contributed by atoms with Crippen LogP contribution in [0.5, 0.6) is 11.5 Å². The average Bonchev–Trinajstić information content (AvgIpc) is 2.52. The van der Waals surface area contributed by atoms with E-state index in [-0.39, 0.29) is 22.4 Å². The van der Waals surface area contributed by atoms with Crippen LogP contribution in [0.1, 0.15) is 23.2 Å². The van der Waals surface area contributed by atoms with Crippen molar-refractivity contribution in [3.63, 3.8) is 0 Å². The van der Waals surface area contributed by atoms with Gasteiger partial charge in [0.2, 0.25) is 0 Å². The Hall–Kier alpha value is -1.62. The van der Waals surface area contributed by atoms with Gasteiger partial charge >= 0.3 is 5.97 Å². The highest BCUT2D eigenvalue weighted by molar-refractivity contribution is 6.37. The van der Waals surface area contributed by atoms with Gasteiger partial charge in [-0.3, -0.25) is 0 Å². The van der Waals surface area contributed by atoms with Gasteiger partial charge < -0.3 is 14.6 Å². The third-order valence-electron chi connectivity index (χ3n) is 3.10. The number of aromatic hydroxyl groups is 1. The fraction of sp³-hybridized carbons (Fsp3) is 0.235. The smallest absolute Gasteiger partial charge is 0.339 e. The normalized spacial score (nSPS) is 10.5. The molecule has 0 aliphatic rings. The van der Waals surface area contributed by atoms with Gasteiger partial charge in [0.15, 0.2) is 5.75 Å². The number of rotatable bonds is 7. The van der Waals surface area contributed by atoms with E-state index in [4.69, 9.17) is 44.3 Å². The molecule has 0 aromatic heterocycles. The molecule has 0 atom stereocenters. The van der Waals surface area contributed by atoms with Gasteiger partial charge in [0.1, 0.15) is 5.75 Å². The van der Waals surface area contributed by atoms with E-state index >= 15 is 0 Å². The molecule has 2 aromatic rings. The summed E-state index contributed by atoms with van der Waals surface area (Å²) in [6, 6.07) is 9.43. The van der Waals surface area contributed by atoms with Gasteiger partial charge in [-0.05, 0) is 25.0 Å². The molecule has 0 spiro atoms. The van der Waals surface area contributed by atoms with E-state index in [2.05, 4.69) is 0 Å². The number of carbonyl (C=O) groups excluding carboxylic acids is 1. The Bertz CT molecular complexity index is 696. The maximum atomic E-state index is 11.8. The van der Waals surface area contributed by atoms with Gasteiger partial charge in [0.05, 0.1) is 33.8 Å². The van der Waals surface area contributed by atoms with Crippen LogP contribution in [-0.2, 0) is 4.74 Å². The Morgan fingerprint density at radius 1 is 0.958 bits per heavy atom. The zero-order valence-corrected chi connectivity index (χ0v) is 14.9. The van der Waals surface area contributed by atoms with Gasteiger partial charge in [0, 0.05) is 12.1 Å². The van der Waals surface area contributed by atoms with Crippen molar-refractivity contribution in [2.24, 2.45) is 0 Å². The van der Waals surface area contributed by atoms with Crippen LogP contribution in [0.2, 0.25) is 15.1 Å². The van der Waals surface area contributed by atoms with Crippen molar-refractivity contribution in [1.82, 2.24) is 0 Å². The summed E-state index contributed by atoms with van der Waals surface area (Å²) in [5, 5.41) is 10.2. The largest absolute Gasteiger partial charge is 0.508 e. The van der Waals surface area contributed by atoms with Crippen LogP contribution in [0.3, 0.4) is 0 Å². The summed E-state index contributed by atoms with van der Waals surface area (Å²) in [4.78, 5) is 11.8. The highest BCUT2D eigenvalue weighted by Gasteiger charge is 2.11. The van der Waals surface area contributed by atoms with Gasteiger partial charge in [-0.2, -0.15) is 0 Å². The number of hydrogen-bond acceptors (Lipinski definition) is 4. The third kappa shape index (κ3) is 5.20. The van der Waals surface area contributed by atoms with Gasteiger partial charge in [-0.1, -0.05) is 46.9 Å². The molecule has 0 aliphatic carbocycles. The molecule has 1 N–H and O–H groups in total. The van der Waals surface area contributed by atoms with Crippen molar-refractivity contribution in [2.75, 3.05) is 13.2 Å². The predicted octanol–water partition coefficient (Wildman–Crippen LogP) is 5.37. The monoisotopic (exact) mass is 388 g/mol. The van der Waals surface area contributed by atoms with Crippen molar-refractivity contribution >= 4 is 40.8 Å². The molecule has 128 valence electrons. The molecule has 0 amide bonds. The summed E-state index contributed by atoms with van der Waals surface area (Å²) >= 11 is 17.8. The van der Waals surface area contributed by atoms with E-state index < -0.39 is 5.97 Å². The van der Waals surface area contributed by atoms with E-state index in [0.29, 0.717) is 35.8 Å². The van der Waals surface area contributed by atoms with E-state index in [1.54, 1.807) is 24.3 Å². The van der Waals surface area contributed by atoms with Crippen LogP contribution >= 0.6 is 34.8 Å². The van der Waals surface area contributed by atoms with E-state index in [1.165, 1.54) is 12.1 Å². The summed E-state index contributed by atoms with van der Waals surface area (Å²) in [7, 11) is 0. The first-order valence-corrected chi connectivity index (χ1v) is 8.35. The summed E-state index contributed by atoms with van der Waals surface area (Å²) < 4.78 is 10.7. The standard InChI is InChI=1S/C17H15Cl3O4/c18-13-6-2-1-5-12(13)17(22)24-8-4-3-7-23-16-14(19)9-11(21)10-15(16)20/h1-2,5-6,9-10,21H,3-4,7-8H2. The molecular formula is C17H15Cl3O4. The van der Waals surface area contributed by atoms with Crippen LogP contribution in [0.4, 0.5) is 0 Å². The number of esters is 1. The van der Waals surface area contributed by atoms with Crippen LogP contribution in [0.15, 0.2) is 36.4 Å². The molecule has 2 aromatic carbocycles. The first kappa shape index (κ1) is 18.7. The first-order chi connectivity index (χ1) is 11.5. The zero-order valence-electron chi connectivity index (χ0n) is 12.6. The van der Waals surface area contributed by atoms with E-state index in [0.717, 1.165) is 0 Å². The summed E-state index contributed by atoms with van der Waals surface area (Å²) in [5.74, 6) is -0.154. The Kier molecular flexibility index (Phi) is 7.03. The summed E-state index contributed by atoms with van der Waals surface area (Å²) in [6.07, 6.45) is 1.26. The average molecular weight is 390 g/mol. The van der Waals surface area contributed by atoms with Crippen molar-refractivity contribution in [1.29, 1.82) is 0 Å². The Balaban J connectivity index is 1.71. The van der Waals surface area contributed by atoms with Gasteiger partial charge in [0.25, 0.3) is 0 Å². The molecule has 24 heavy (non-hydrogen) atoms. The second-order valence-electron chi connectivity index (χ2n) is 4.91. The molecule has 0 saturated carbocycles. The molecule has 0 radical (unpaired) electrons. The molecule has 0 bridgehead atoms. The van der Waals surface area contributed by atoms with Crippen molar-refractivity contribution < 1.29 is 19.4 Å². The number of hydrogen-bond donors (Lipinski definition) is 1. The molecule has 0 saturated heterocycles. The molecule has 2 rings (SSSR count). The maximum absolute atomic E-state index is 11.8. The fourth-order valence-electron chi connectivity index (χ4n) is 1.93. The summed E-state index contributed by atoms with van der Waals surface area (Å²) in [5.41, 5.74) is 0.345. The highest BCUT2D eigenvalue weighted by atomic mass is 35.5. The lowest BCUT2D eigenvalue weighted by molar-refractivity contribution is 0.0494. The van der Waals surface area contributed by atoms with Crippen LogP contribution < -0.4 is 4.74 Å². The van der Waals surface area contributed by atoms with Crippen molar-refractivity contribution in [3.8, 4) is 11.5 Å². The molecule has 0 aliphatic heterocycles. The lowest BCUT2D eigenvalue weighted by atomic mass is 10.2. The second-order valence-corrected chi connectivity index (χ2v) is 6.13. The topological polar surface area (TPSA) is 55.8 Å². The molecule has 0 heterocycles. The molecule has 4 nitrogen and oxygen atoms in total. The van der Waals surface area contributed by atoms with Crippen LogP contribution in [0, 0.1) is 0 Å². The lowest BCUT2D eigenvalue weighted by Crippen LogP contribution is -2.08. The Morgan fingerprint density at radius 3 is 2.25 bits per heavy atom. The van der Waals surface area contributed by atoms with Crippen molar-refractivity contribution in [3.05, 3.63) is 57.0 Å². The van der Waals surface area contributed by atoms with Crippen LogP contribution in [-0.4, -0.2) is 24.3 Å². The van der Waals surface area contributed by atoms with Crippen LogP contribution in [0.25, 0.3) is 0 Å². The van der Waals surface area contributed by atoms with E-state index in [9.17, 15) is 9.90 Å². The minimum atomic E-state index is -0.453. The predicted molar refractivity (Wildman–Crippen MR) is 94.6 cm³/mol. The number of phenolic OH excluding ortho intramolecular Hbond substituents is 1. The minimum Gasteiger partial charge on any atom is -0.508 e. The summed E-state index contributed by atoms with van der Waals surface area (Å²) in [6.45, 7) is 0.609. The number of unbranched alkanes of at least 4 members (excludes halogenated alkanes) is 1. The molecule has 0 unspecified atom stereocenters. The number of benzene rings is 2. The Morgan fingerprint density at radius 2 is 1.58 bits per heavy atom. The lowest BCUT2D eigenvalue weighted by Gasteiger charge is -2.10. The molecule has 0 fully saturated rings. The quantitative estimate of drug-likeness (QED) is 0.511. The van der Waals surface area contributed by atoms with E-state index in [1.807, 2.05) is 0 Å². The van der Waals surface area contributed by atoms with Gasteiger partial charge in [-0.15, -0.1) is 0 Å². The number of phenols is 1. The van der Waals surface area contributed by atoms with Gasteiger partial charge in [-0.25, -0.2) is 4.79 Å². The second kappa shape index (κ2) is 9.02. The number of carbonyl (C=O) groups is 1. The highest BCUT2D eigenvalue weighted by Crippen LogP contribution is 2.36. The van der Waals surface area contributed by atoms with Crippen molar-refractivity contribution in [2.45, 2.75) is 12.8 Å².